The van der Waals surface area contributed by atoms with Crippen molar-refractivity contribution in [2.45, 2.75) is 31.8 Å². The highest BCUT2D eigenvalue weighted by atomic mass is 16.3. The van der Waals surface area contributed by atoms with Crippen LogP contribution in [0.15, 0.2) is 36.4 Å². The van der Waals surface area contributed by atoms with Gasteiger partial charge in [0.25, 0.3) is 0 Å². The van der Waals surface area contributed by atoms with E-state index in [1.807, 2.05) is 37.3 Å². The molecule has 2 N–H and O–H groups in total. The number of rotatable bonds is 5. The number of amides is 2. The van der Waals surface area contributed by atoms with Gasteiger partial charge >= 0.3 is 0 Å². The van der Waals surface area contributed by atoms with Crippen molar-refractivity contribution >= 4 is 17.9 Å². The monoisotopic (exact) mass is 316 g/mol. The van der Waals surface area contributed by atoms with Crippen LogP contribution in [0.1, 0.15) is 31.7 Å². The van der Waals surface area contributed by atoms with E-state index in [-0.39, 0.29) is 18.4 Å². The standard InChI is InChI=1S/C18H24N2O3/c1-2-18(23)10-12-20(13-11-18)17(22)14-19-16(21)9-8-15-6-4-3-5-7-15/h3-9,23H,2,10-14H2,1H3,(H,19,21)/b9-8+. The minimum absolute atomic E-state index is 0.0114. The van der Waals surface area contributed by atoms with E-state index in [4.69, 9.17) is 0 Å². The van der Waals surface area contributed by atoms with Gasteiger partial charge in [0.1, 0.15) is 0 Å². The fraction of sp³-hybridized carbons (Fsp3) is 0.444. The lowest BCUT2D eigenvalue weighted by Gasteiger charge is -2.37. The Morgan fingerprint density at radius 3 is 2.52 bits per heavy atom. The van der Waals surface area contributed by atoms with E-state index in [0.717, 1.165) is 5.56 Å². The molecule has 0 aliphatic carbocycles. The molecule has 0 radical (unpaired) electrons. The summed E-state index contributed by atoms with van der Waals surface area (Å²) in [5, 5.41) is 12.8. The largest absolute Gasteiger partial charge is 0.390 e. The normalized spacial score (nSPS) is 17.2. The average molecular weight is 316 g/mol. The molecule has 5 heteroatoms. The summed E-state index contributed by atoms with van der Waals surface area (Å²) in [6.07, 6.45) is 5.03. The zero-order valence-corrected chi connectivity index (χ0v) is 13.5. The SMILES string of the molecule is CCC1(O)CCN(C(=O)CNC(=O)/C=C/c2ccccc2)CC1. The predicted octanol–water partition coefficient (Wildman–Crippen LogP) is 1.58. The smallest absolute Gasteiger partial charge is 0.244 e. The average Bonchev–Trinajstić information content (AvgIpc) is 2.59. The Morgan fingerprint density at radius 2 is 1.91 bits per heavy atom. The first kappa shape index (κ1) is 17.2. The van der Waals surface area contributed by atoms with Gasteiger partial charge in [-0.25, -0.2) is 0 Å². The molecule has 0 aromatic heterocycles. The van der Waals surface area contributed by atoms with Crippen molar-refractivity contribution in [1.29, 1.82) is 0 Å². The van der Waals surface area contributed by atoms with Crippen LogP contribution in [0.4, 0.5) is 0 Å². The second kappa shape index (κ2) is 7.92. The molecule has 1 aromatic carbocycles. The second-order valence-corrected chi connectivity index (χ2v) is 5.92. The number of benzene rings is 1. The molecule has 1 aliphatic rings. The lowest BCUT2D eigenvalue weighted by Crippen LogP contribution is -2.49. The van der Waals surface area contributed by atoms with Crippen LogP contribution in [0, 0.1) is 0 Å². The number of carbonyl (C=O) groups excluding carboxylic acids is 2. The van der Waals surface area contributed by atoms with Crippen molar-refractivity contribution in [2.24, 2.45) is 0 Å². The molecule has 124 valence electrons. The van der Waals surface area contributed by atoms with Crippen LogP contribution in [-0.4, -0.2) is 47.1 Å². The fourth-order valence-electron chi connectivity index (χ4n) is 2.60. The molecule has 0 bridgehead atoms. The van der Waals surface area contributed by atoms with Crippen LogP contribution < -0.4 is 5.32 Å². The second-order valence-electron chi connectivity index (χ2n) is 5.92. The molecule has 1 saturated heterocycles. The van der Waals surface area contributed by atoms with E-state index in [1.165, 1.54) is 6.08 Å². The molecule has 1 heterocycles. The molecule has 0 saturated carbocycles. The molecule has 2 rings (SSSR count). The number of carbonyl (C=O) groups is 2. The highest BCUT2D eigenvalue weighted by Crippen LogP contribution is 2.24. The summed E-state index contributed by atoms with van der Waals surface area (Å²) >= 11 is 0. The highest BCUT2D eigenvalue weighted by Gasteiger charge is 2.31. The number of nitrogens with zero attached hydrogens (tertiary/aromatic N) is 1. The van der Waals surface area contributed by atoms with Gasteiger partial charge in [0.2, 0.25) is 11.8 Å². The topological polar surface area (TPSA) is 69.6 Å². The Balaban J connectivity index is 1.74. The third-order valence-electron chi connectivity index (χ3n) is 4.35. The van der Waals surface area contributed by atoms with E-state index < -0.39 is 5.60 Å². The van der Waals surface area contributed by atoms with E-state index in [0.29, 0.717) is 32.4 Å². The summed E-state index contributed by atoms with van der Waals surface area (Å²) in [4.78, 5) is 25.5. The zero-order chi connectivity index (χ0) is 16.7. The van der Waals surface area contributed by atoms with Gasteiger partial charge in [-0.3, -0.25) is 9.59 Å². The van der Waals surface area contributed by atoms with Crippen molar-refractivity contribution in [1.82, 2.24) is 10.2 Å². The van der Waals surface area contributed by atoms with Gasteiger partial charge in [-0.1, -0.05) is 37.3 Å². The minimum atomic E-state index is -0.640. The summed E-state index contributed by atoms with van der Waals surface area (Å²) in [6.45, 7) is 3.02. The summed E-state index contributed by atoms with van der Waals surface area (Å²) < 4.78 is 0. The van der Waals surface area contributed by atoms with Crippen LogP contribution in [0.5, 0.6) is 0 Å². The Morgan fingerprint density at radius 1 is 1.26 bits per heavy atom. The van der Waals surface area contributed by atoms with Crippen molar-refractivity contribution in [3.05, 3.63) is 42.0 Å². The van der Waals surface area contributed by atoms with Crippen LogP contribution in [0.2, 0.25) is 0 Å². The Bertz CT molecular complexity index is 561. The van der Waals surface area contributed by atoms with E-state index >= 15 is 0 Å². The molecule has 0 spiro atoms. The van der Waals surface area contributed by atoms with Crippen molar-refractivity contribution in [3.63, 3.8) is 0 Å². The Labute approximate surface area is 137 Å². The number of likely N-dealkylation sites (tertiary alicyclic amines) is 1. The first-order valence-corrected chi connectivity index (χ1v) is 8.03. The van der Waals surface area contributed by atoms with Gasteiger partial charge in [0.15, 0.2) is 0 Å². The van der Waals surface area contributed by atoms with Gasteiger partial charge in [-0.15, -0.1) is 0 Å². The van der Waals surface area contributed by atoms with Gasteiger partial charge in [0, 0.05) is 19.2 Å². The van der Waals surface area contributed by atoms with Crippen LogP contribution in [-0.2, 0) is 9.59 Å². The van der Waals surface area contributed by atoms with Crippen LogP contribution in [0.3, 0.4) is 0 Å². The number of aliphatic hydroxyl groups is 1. The molecule has 1 aliphatic heterocycles. The van der Waals surface area contributed by atoms with E-state index in [2.05, 4.69) is 5.32 Å². The molecule has 5 nitrogen and oxygen atoms in total. The number of hydrogen-bond donors (Lipinski definition) is 2. The molecule has 2 amide bonds. The van der Waals surface area contributed by atoms with E-state index in [1.54, 1.807) is 11.0 Å². The molecule has 1 aromatic rings. The maximum atomic E-state index is 12.1. The van der Waals surface area contributed by atoms with Crippen LogP contribution >= 0.6 is 0 Å². The highest BCUT2D eigenvalue weighted by molar-refractivity contribution is 5.94. The first-order valence-electron chi connectivity index (χ1n) is 8.03. The third kappa shape index (κ3) is 5.21. The van der Waals surface area contributed by atoms with Crippen molar-refractivity contribution in [2.75, 3.05) is 19.6 Å². The first-order chi connectivity index (χ1) is 11.0. The molecule has 0 atom stereocenters. The summed E-state index contributed by atoms with van der Waals surface area (Å²) in [6, 6.07) is 9.51. The van der Waals surface area contributed by atoms with Gasteiger partial charge in [0.05, 0.1) is 12.1 Å². The maximum absolute atomic E-state index is 12.1. The summed E-state index contributed by atoms with van der Waals surface area (Å²) in [5.74, 6) is -0.395. The minimum Gasteiger partial charge on any atom is -0.390 e. The number of nitrogens with one attached hydrogen (secondary N) is 1. The van der Waals surface area contributed by atoms with Crippen molar-refractivity contribution in [3.8, 4) is 0 Å². The lowest BCUT2D eigenvalue weighted by molar-refractivity contribution is -0.136. The number of piperidine rings is 1. The molecule has 23 heavy (non-hydrogen) atoms. The fourth-order valence-corrected chi connectivity index (χ4v) is 2.60. The summed E-state index contributed by atoms with van der Waals surface area (Å²) in [5.41, 5.74) is 0.294. The molecule has 1 fully saturated rings. The predicted molar refractivity (Wildman–Crippen MR) is 89.5 cm³/mol. The van der Waals surface area contributed by atoms with E-state index in [9.17, 15) is 14.7 Å². The van der Waals surface area contributed by atoms with Gasteiger partial charge in [-0.2, -0.15) is 0 Å². The quantitative estimate of drug-likeness (QED) is 0.810. The van der Waals surface area contributed by atoms with Gasteiger partial charge < -0.3 is 15.3 Å². The van der Waals surface area contributed by atoms with Crippen LogP contribution in [0.25, 0.3) is 6.08 Å². The third-order valence-corrected chi connectivity index (χ3v) is 4.35. The lowest BCUT2D eigenvalue weighted by atomic mass is 9.89. The Kier molecular flexibility index (Phi) is 5.93. The van der Waals surface area contributed by atoms with Gasteiger partial charge in [-0.05, 0) is 30.9 Å². The zero-order valence-electron chi connectivity index (χ0n) is 13.5. The summed E-state index contributed by atoms with van der Waals surface area (Å²) in [7, 11) is 0. The number of hydrogen-bond acceptors (Lipinski definition) is 3. The maximum Gasteiger partial charge on any atom is 0.244 e. The van der Waals surface area contributed by atoms with Crippen molar-refractivity contribution < 1.29 is 14.7 Å². The Hall–Kier alpha value is -2.14. The molecular weight excluding hydrogens is 292 g/mol. The molecule has 0 unspecified atom stereocenters. The molecular formula is C18H24N2O3.